The molecule has 1 unspecified atom stereocenters. The van der Waals surface area contributed by atoms with E-state index < -0.39 is 9.84 Å². The first-order valence-corrected chi connectivity index (χ1v) is 10.2. The van der Waals surface area contributed by atoms with Crippen LogP contribution in [0, 0.1) is 0 Å². The summed E-state index contributed by atoms with van der Waals surface area (Å²) in [5, 5.41) is 0. The molecule has 0 N–H and O–H groups in total. The van der Waals surface area contributed by atoms with Crippen LogP contribution in [0.2, 0.25) is 0 Å². The number of nitrogens with zero attached hydrogens (tertiary/aromatic N) is 2. The number of rotatable bonds is 5. The molecule has 24 heavy (non-hydrogen) atoms. The fraction of sp³-hybridized carbons (Fsp3) is 0.588. The van der Waals surface area contributed by atoms with Gasteiger partial charge in [0.25, 0.3) is 5.91 Å². The van der Waals surface area contributed by atoms with Crippen molar-refractivity contribution in [3.05, 3.63) is 29.8 Å². The molecule has 1 saturated heterocycles. The van der Waals surface area contributed by atoms with E-state index in [2.05, 4.69) is 4.90 Å². The third-order valence-electron chi connectivity index (χ3n) is 4.32. The Bertz CT molecular complexity index is 658. The number of ether oxygens (including phenoxy) is 1. The van der Waals surface area contributed by atoms with Crippen molar-refractivity contribution in [3.63, 3.8) is 0 Å². The zero-order valence-electron chi connectivity index (χ0n) is 14.6. The molecule has 2 rings (SSSR count). The van der Waals surface area contributed by atoms with E-state index in [1.54, 1.807) is 31.4 Å². The van der Waals surface area contributed by atoms with Gasteiger partial charge in [-0.25, -0.2) is 8.42 Å². The fourth-order valence-corrected chi connectivity index (χ4v) is 4.13. The maximum Gasteiger partial charge on any atom is 0.253 e. The van der Waals surface area contributed by atoms with Crippen LogP contribution in [-0.4, -0.2) is 75.5 Å². The van der Waals surface area contributed by atoms with Gasteiger partial charge in [0, 0.05) is 44.0 Å². The highest BCUT2D eigenvalue weighted by Crippen LogP contribution is 2.15. The molecular weight excluding hydrogens is 328 g/mol. The first-order chi connectivity index (χ1) is 11.3. The molecule has 134 valence electrons. The van der Waals surface area contributed by atoms with Gasteiger partial charge < -0.3 is 9.64 Å². The van der Waals surface area contributed by atoms with E-state index in [4.69, 9.17) is 4.74 Å². The van der Waals surface area contributed by atoms with Crippen LogP contribution in [0.3, 0.4) is 0 Å². The Morgan fingerprint density at radius 1 is 1.17 bits per heavy atom. The molecule has 1 aliphatic rings. The van der Waals surface area contributed by atoms with E-state index >= 15 is 0 Å². The van der Waals surface area contributed by atoms with Crippen molar-refractivity contribution in [1.82, 2.24) is 9.80 Å². The number of carbonyl (C=O) groups excluding carboxylic acids is 1. The summed E-state index contributed by atoms with van der Waals surface area (Å²) >= 11 is 0. The van der Waals surface area contributed by atoms with E-state index in [0.29, 0.717) is 25.2 Å². The number of methoxy groups -OCH3 is 1. The van der Waals surface area contributed by atoms with Gasteiger partial charge >= 0.3 is 0 Å². The van der Waals surface area contributed by atoms with Gasteiger partial charge in [0.1, 0.15) is 15.6 Å². The molecule has 0 aliphatic carbocycles. The van der Waals surface area contributed by atoms with Crippen molar-refractivity contribution in [2.75, 3.05) is 45.3 Å². The zero-order chi connectivity index (χ0) is 17.7. The van der Waals surface area contributed by atoms with Gasteiger partial charge in [-0.05, 0) is 37.6 Å². The maximum absolute atomic E-state index is 12.6. The molecule has 6 nitrogen and oxygen atoms in total. The monoisotopic (exact) mass is 354 g/mol. The summed E-state index contributed by atoms with van der Waals surface area (Å²) in [6.07, 6.45) is 2.11. The lowest BCUT2D eigenvalue weighted by atomic mass is 10.2. The Hall–Kier alpha value is -1.60. The minimum Gasteiger partial charge on any atom is -0.497 e. The quantitative estimate of drug-likeness (QED) is 0.797. The molecular formula is C17H26N2O4S. The molecule has 1 amide bonds. The normalized spacial score (nSPS) is 18.0. The molecule has 0 bridgehead atoms. The van der Waals surface area contributed by atoms with Gasteiger partial charge in [-0.15, -0.1) is 0 Å². The van der Waals surface area contributed by atoms with E-state index in [1.807, 2.05) is 11.8 Å². The summed E-state index contributed by atoms with van der Waals surface area (Å²) in [5.74, 6) is 0.887. The Kier molecular flexibility index (Phi) is 6.23. The molecule has 0 radical (unpaired) electrons. The van der Waals surface area contributed by atoms with Gasteiger partial charge in [-0.3, -0.25) is 9.69 Å². The average Bonchev–Trinajstić information content (AvgIpc) is 2.79. The van der Waals surface area contributed by atoms with Crippen LogP contribution in [-0.2, 0) is 9.84 Å². The van der Waals surface area contributed by atoms with Crippen LogP contribution in [0.15, 0.2) is 24.3 Å². The summed E-state index contributed by atoms with van der Waals surface area (Å²) < 4.78 is 28.1. The fourth-order valence-electron chi connectivity index (χ4n) is 3.04. The lowest BCUT2D eigenvalue weighted by Gasteiger charge is -2.27. The summed E-state index contributed by atoms with van der Waals surface area (Å²) in [4.78, 5) is 16.6. The van der Waals surface area contributed by atoms with E-state index in [1.165, 1.54) is 6.26 Å². The second-order valence-corrected chi connectivity index (χ2v) is 8.54. The lowest BCUT2D eigenvalue weighted by Crippen LogP contribution is -2.41. The molecule has 1 heterocycles. The largest absolute Gasteiger partial charge is 0.497 e. The van der Waals surface area contributed by atoms with Crippen molar-refractivity contribution in [3.8, 4) is 5.75 Å². The number of benzene rings is 1. The Balaban J connectivity index is 1.97. The second-order valence-electron chi connectivity index (χ2n) is 6.35. The molecule has 1 aromatic carbocycles. The maximum atomic E-state index is 12.6. The first-order valence-electron chi connectivity index (χ1n) is 8.15. The van der Waals surface area contributed by atoms with Crippen molar-refractivity contribution >= 4 is 15.7 Å². The third kappa shape index (κ3) is 5.21. The molecule has 0 aromatic heterocycles. The predicted molar refractivity (Wildman–Crippen MR) is 94.3 cm³/mol. The van der Waals surface area contributed by atoms with Crippen molar-refractivity contribution < 1.29 is 17.9 Å². The van der Waals surface area contributed by atoms with Gasteiger partial charge in [0.2, 0.25) is 0 Å². The standard InChI is InChI=1S/C17H26N2O4S/c1-14(13-24(3,21)22)18-9-4-10-19(12-11-18)17(20)15-5-7-16(23-2)8-6-15/h5-8,14H,4,9-13H2,1-3H3. The highest BCUT2D eigenvalue weighted by molar-refractivity contribution is 7.90. The molecule has 1 atom stereocenters. The minimum atomic E-state index is -3.00. The minimum absolute atomic E-state index is 0.00951. The molecule has 7 heteroatoms. The topological polar surface area (TPSA) is 66.9 Å². The molecule has 0 spiro atoms. The molecule has 1 fully saturated rings. The summed E-state index contributed by atoms with van der Waals surface area (Å²) in [6.45, 7) is 4.73. The Morgan fingerprint density at radius 3 is 2.42 bits per heavy atom. The Morgan fingerprint density at radius 2 is 1.83 bits per heavy atom. The number of carbonyl (C=O) groups is 1. The third-order valence-corrected chi connectivity index (χ3v) is 5.41. The van der Waals surface area contributed by atoms with Crippen LogP contribution in [0.4, 0.5) is 0 Å². The molecule has 1 aromatic rings. The Labute approximate surface area is 144 Å². The summed E-state index contributed by atoms with van der Waals surface area (Å²) in [6, 6.07) is 7.08. The van der Waals surface area contributed by atoms with Crippen LogP contribution < -0.4 is 4.74 Å². The van der Waals surface area contributed by atoms with Gasteiger partial charge in [-0.1, -0.05) is 0 Å². The van der Waals surface area contributed by atoms with Crippen molar-refractivity contribution in [1.29, 1.82) is 0 Å². The highest BCUT2D eigenvalue weighted by Gasteiger charge is 2.24. The van der Waals surface area contributed by atoms with E-state index in [-0.39, 0.29) is 17.7 Å². The van der Waals surface area contributed by atoms with Crippen molar-refractivity contribution in [2.45, 2.75) is 19.4 Å². The lowest BCUT2D eigenvalue weighted by molar-refractivity contribution is 0.0759. The molecule has 1 aliphatic heterocycles. The second kappa shape index (κ2) is 7.98. The predicted octanol–water partition coefficient (Wildman–Crippen LogP) is 1.28. The summed E-state index contributed by atoms with van der Waals surface area (Å²) in [5.41, 5.74) is 0.647. The zero-order valence-corrected chi connectivity index (χ0v) is 15.4. The number of sulfone groups is 1. The highest BCUT2D eigenvalue weighted by atomic mass is 32.2. The van der Waals surface area contributed by atoms with Crippen LogP contribution in [0.25, 0.3) is 0 Å². The first kappa shape index (κ1) is 18.7. The van der Waals surface area contributed by atoms with Gasteiger partial charge in [0.15, 0.2) is 0 Å². The van der Waals surface area contributed by atoms with Crippen molar-refractivity contribution in [2.24, 2.45) is 0 Å². The molecule has 0 saturated carbocycles. The van der Waals surface area contributed by atoms with E-state index in [0.717, 1.165) is 18.7 Å². The number of amides is 1. The van der Waals surface area contributed by atoms with Gasteiger partial charge in [0.05, 0.1) is 12.9 Å². The van der Waals surface area contributed by atoms with Crippen LogP contribution in [0.1, 0.15) is 23.7 Å². The van der Waals surface area contributed by atoms with E-state index in [9.17, 15) is 13.2 Å². The SMILES string of the molecule is COc1ccc(C(=O)N2CCCN(C(C)CS(C)(=O)=O)CC2)cc1. The summed E-state index contributed by atoms with van der Waals surface area (Å²) in [7, 11) is -1.40. The van der Waals surface area contributed by atoms with Gasteiger partial charge in [-0.2, -0.15) is 0 Å². The van der Waals surface area contributed by atoms with Crippen LogP contribution >= 0.6 is 0 Å². The van der Waals surface area contributed by atoms with Crippen LogP contribution in [0.5, 0.6) is 5.75 Å². The average molecular weight is 354 g/mol. The number of hydrogen-bond acceptors (Lipinski definition) is 5. The smallest absolute Gasteiger partial charge is 0.253 e. The number of hydrogen-bond donors (Lipinski definition) is 0.